The van der Waals surface area contributed by atoms with E-state index in [2.05, 4.69) is 15.6 Å². The molecular formula is C14H15N3O3S. The molecule has 0 saturated heterocycles. The maximum atomic E-state index is 11.9. The highest BCUT2D eigenvalue weighted by Crippen LogP contribution is 2.21. The van der Waals surface area contributed by atoms with Crippen molar-refractivity contribution in [3.63, 3.8) is 0 Å². The summed E-state index contributed by atoms with van der Waals surface area (Å²) in [6, 6.07) is 2.72. The van der Waals surface area contributed by atoms with Crippen LogP contribution in [0.25, 0.3) is 0 Å². The Kier molecular flexibility index (Phi) is 4.23. The number of aromatic nitrogens is 1. The van der Waals surface area contributed by atoms with Crippen LogP contribution in [0.1, 0.15) is 27.2 Å². The number of nitrogens with one attached hydrogen (secondary N) is 2. The van der Waals surface area contributed by atoms with Gasteiger partial charge in [-0.05, 0) is 44.0 Å². The minimum Gasteiger partial charge on any atom is -0.478 e. The predicted octanol–water partition coefficient (Wildman–Crippen LogP) is 3.41. The van der Waals surface area contributed by atoms with Gasteiger partial charge in [-0.3, -0.25) is 5.32 Å². The Balaban J connectivity index is 2.15. The van der Waals surface area contributed by atoms with Crippen LogP contribution in [0.4, 0.5) is 15.6 Å². The fourth-order valence-electron chi connectivity index (χ4n) is 1.82. The smallest absolute Gasteiger partial charge is 0.336 e. The number of nitrogens with zero attached hydrogens (tertiary/aromatic N) is 1. The molecule has 2 aromatic rings. The summed E-state index contributed by atoms with van der Waals surface area (Å²) in [5, 5.41) is 16.7. The number of aromatic carboxylic acids is 1. The third-order valence-corrected chi connectivity index (χ3v) is 3.87. The molecule has 110 valence electrons. The summed E-state index contributed by atoms with van der Waals surface area (Å²) in [5.74, 6) is -1.02. The SMILES string of the molecule is Cc1csc(NC(=O)Nc2cc(C)c(C)c(C(=O)O)c2)n1. The molecule has 2 rings (SSSR count). The van der Waals surface area contributed by atoms with E-state index in [9.17, 15) is 9.59 Å². The van der Waals surface area contributed by atoms with Gasteiger partial charge in [-0.15, -0.1) is 11.3 Å². The van der Waals surface area contributed by atoms with E-state index in [0.29, 0.717) is 16.4 Å². The first-order valence-corrected chi connectivity index (χ1v) is 7.09. The molecule has 0 spiro atoms. The molecule has 0 radical (unpaired) electrons. The maximum Gasteiger partial charge on any atom is 0.336 e. The fourth-order valence-corrected chi connectivity index (χ4v) is 2.51. The van der Waals surface area contributed by atoms with Crippen LogP contribution in [0.2, 0.25) is 0 Å². The first-order valence-electron chi connectivity index (χ1n) is 6.21. The monoisotopic (exact) mass is 305 g/mol. The summed E-state index contributed by atoms with van der Waals surface area (Å²) >= 11 is 1.32. The molecular weight excluding hydrogens is 290 g/mol. The van der Waals surface area contributed by atoms with Crippen molar-refractivity contribution in [2.24, 2.45) is 0 Å². The lowest BCUT2D eigenvalue weighted by Gasteiger charge is -2.10. The molecule has 6 nitrogen and oxygen atoms in total. The van der Waals surface area contributed by atoms with Crippen molar-refractivity contribution in [1.82, 2.24) is 4.98 Å². The third kappa shape index (κ3) is 3.57. The number of hydrogen-bond donors (Lipinski definition) is 3. The summed E-state index contributed by atoms with van der Waals surface area (Å²) in [6.07, 6.45) is 0. The van der Waals surface area contributed by atoms with Crippen molar-refractivity contribution in [3.8, 4) is 0 Å². The number of anilines is 2. The zero-order valence-electron chi connectivity index (χ0n) is 11.9. The molecule has 1 aromatic heterocycles. The lowest BCUT2D eigenvalue weighted by Crippen LogP contribution is -2.20. The summed E-state index contributed by atoms with van der Waals surface area (Å²) in [6.45, 7) is 5.37. The number of carbonyl (C=O) groups excluding carboxylic acids is 1. The molecule has 7 heteroatoms. The lowest BCUT2D eigenvalue weighted by molar-refractivity contribution is 0.0696. The van der Waals surface area contributed by atoms with Crippen molar-refractivity contribution < 1.29 is 14.7 Å². The highest BCUT2D eigenvalue weighted by atomic mass is 32.1. The Hall–Kier alpha value is -2.41. The molecule has 21 heavy (non-hydrogen) atoms. The summed E-state index contributed by atoms with van der Waals surface area (Å²) < 4.78 is 0. The van der Waals surface area contributed by atoms with E-state index in [1.54, 1.807) is 19.9 Å². The summed E-state index contributed by atoms with van der Waals surface area (Å²) in [7, 11) is 0. The summed E-state index contributed by atoms with van der Waals surface area (Å²) in [5.41, 5.74) is 2.92. The third-order valence-electron chi connectivity index (χ3n) is 3.00. The van der Waals surface area contributed by atoms with Gasteiger partial charge in [0.25, 0.3) is 0 Å². The number of aryl methyl sites for hydroxylation is 2. The highest BCUT2D eigenvalue weighted by molar-refractivity contribution is 7.13. The van der Waals surface area contributed by atoms with Crippen molar-refractivity contribution in [2.45, 2.75) is 20.8 Å². The van der Waals surface area contributed by atoms with E-state index in [1.807, 2.05) is 12.3 Å². The Bertz CT molecular complexity index is 709. The van der Waals surface area contributed by atoms with E-state index in [0.717, 1.165) is 11.3 Å². The molecule has 0 aliphatic heterocycles. The Labute approximate surface area is 125 Å². The number of thiazole rings is 1. The van der Waals surface area contributed by atoms with E-state index in [-0.39, 0.29) is 5.56 Å². The number of carboxylic acids is 1. The van der Waals surface area contributed by atoms with E-state index in [4.69, 9.17) is 5.11 Å². The van der Waals surface area contributed by atoms with Crippen LogP contribution in [0, 0.1) is 20.8 Å². The minimum absolute atomic E-state index is 0.176. The van der Waals surface area contributed by atoms with E-state index >= 15 is 0 Å². The van der Waals surface area contributed by atoms with Gasteiger partial charge in [-0.1, -0.05) is 0 Å². The van der Waals surface area contributed by atoms with Crippen LogP contribution >= 0.6 is 11.3 Å². The first kappa shape index (κ1) is 15.0. The fraction of sp³-hybridized carbons (Fsp3) is 0.214. The Morgan fingerprint density at radius 3 is 2.48 bits per heavy atom. The summed E-state index contributed by atoms with van der Waals surface area (Å²) in [4.78, 5) is 27.2. The topological polar surface area (TPSA) is 91.3 Å². The molecule has 0 saturated carbocycles. The molecule has 0 aliphatic rings. The Morgan fingerprint density at radius 1 is 1.19 bits per heavy atom. The number of carboxylic acid groups (broad SMARTS) is 1. The van der Waals surface area contributed by atoms with Gasteiger partial charge >= 0.3 is 12.0 Å². The van der Waals surface area contributed by atoms with Gasteiger partial charge in [0.2, 0.25) is 0 Å². The van der Waals surface area contributed by atoms with Crippen molar-refractivity contribution in [3.05, 3.63) is 39.9 Å². The molecule has 1 heterocycles. The molecule has 0 atom stereocenters. The van der Waals surface area contributed by atoms with Crippen molar-refractivity contribution in [1.29, 1.82) is 0 Å². The normalized spacial score (nSPS) is 10.2. The minimum atomic E-state index is -1.02. The number of rotatable bonds is 3. The Morgan fingerprint density at radius 2 is 1.90 bits per heavy atom. The van der Waals surface area contributed by atoms with Crippen LogP contribution < -0.4 is 10.6 Å². The number of carbonyl (C=O) groups is 2. The number of amides is 2. The van der Waals surface area contributed by atoms with E-state index in [1.165, 1.54) is 17.4 Å². The molecule has 0 unspecified atom stereocenters. The van der Waals surface area contributed by atoms with Gasteiger partial charge in [-0.2, -0.15) is 0 Å². The zero-order valence-corrected chi connectivity index (χ0v) is 12.7. The van der Waals surface area contributed by atoms with Crippen LogP contribution in [0.5, 0.6) is 0 Å². The second kappa shape index (κ2) is 5.92. The largest absolute Gasteiger partial charge is 0.478 e. The lowest BCUT2D eigenvalue weighted by atomic mass is 10.0. The number of urea groups is 1. The van der Waals surface area contributed by atoms with Gasteiger partial charge in [0, 0.05) is 11.1 Å². The van der Waals surface area contributed by atoms with Gasteiger partial charge in [0.1, 0.15) is 0 Å². The highest BCUT2D eigenvalue weighted by Gasteiger charge is 2.12. The molecule has 3 N–H and O–H groups in total. The van der Waals surface area contributed by atoms with Crippen molar-refractivity contribution in [2.75, 3.05) is 10.6 Å². The van der Waals surface area contributed by atoms with Gasteiger partial charge < -0.3 is 10.4 Å². The van der Waals surface area contributed by atoms with Crippen molar-refractivity contribution >= 4 is 34.2 Å². The van der Waals surface area contributed by atoms with Gasteiger partial charge in [0.15, 0.2) is 5.13 Å². The second-order valence-corrected chi connectivity index (χ2v) is 5.50. The number of benzene rings is 1. The molecule has 2 amide bonds. The zero-order chi connectivity index (χ0) is 15.6. The molecule has 0 bridgehead atoms. The quantitative estimate of drug-likeness (QED) is 0.810. The maximum absolute atomic E-state index is 11.9. The van der Waals surface area contributed by atoms with Gasteiger partial charge in [-0.25, -0.2) is 14.6 Å². The first-order chi connectivity index (χ1) is 9.86. The average molecular weight is 305 g/mol. The van der Waals surface area contributed by atoms with Crippen LogP contribution in [0.15, 0.2) is 17.5 Å². The average Bonchev–Trinajstić information content (AvgIpc) is 2.78. The molecule has 0 aliphatic carbocycles. The van der Waals surface area contributed by atoms with Gasteiger partial charge in [0.05, 0.1) is 11.3 Å². The van der Waals surface area contributed by atoms with Crippen LogP contribution in [-0.2, 0) is 0 Å². The predicted molar refractivity (Wildman–Crippen MR) is 82.4 cm³/mol. The molecule has 1 aromatic carbocycles. The van der Waals surface area contributed by atoms with E-state index < -0.39 is 12.0 Å². The standard InChI is InChI=1S/C14H15N3O3S/c1-7-4-10(5-11(9(7)3)12(18)19)16-13(20)17-14-15-8(2)6-21-14/h4-6H,1-3H3,(H,18,19)(H2,15,16,17,20). The second-order valence-electron chi connectivity index (χ2n) is 4.64. The number of hydrogen-bond acceptors (Lipinski definition) is 4. The van der Waals surface area contributed by atoms with Crippen LogP contribution in [0.3, 0.4) is 0 Å². The molecule has 0 fully saturated rings. The van der Waals surface area contributed by atoms with Crippen LogP contribution in [-0.4, -0.2) is 22.1 Å².